The average molecular weight is 335 g/mol. The fraction of sp³-hybridized carbons (Fsp3) is 0.375. The number of carbonyl (C=O) groups is 1. The van der Waals surface area contributed by atoms with Crippen molar-refractivity contribution in [3.05, 3.63) is 44.1 Å². The molecule has 2 heterocycles. The van der Waals surface area contributed by atoms with Crippen molar-refractivity contribution >= 4 is 28.7 Å². The number of ether oxygens (including phenoxy) is 1. The highest BCUT2D eigenvalue weighted by Crippen LogP contribution is 2.49. The number of nitrogens with zero attached hydrogens (tertiary/aromatic N) is 1. The summed E-state index contributed by atoms with van der Waals surface area (Å²) in [5, 5.41) is 9.45. The van der Waals surface area contributed by atoms with Gasteiger partial charge in [-0.05, 0) is 17.5 Å². The van der Waals surface area contributed by atoms with Crippen LogP contribution in [0.1, 0.15) is 37.5 Å². The SMILES string of the molecule is CC1(C)CC(=O)C2=C(C1)OC(N)=C(C#N)[C@@H]2c1ccc(Cl)s1. The van der Waals surface area contributed by atoms with Crippen LogP contribution in [-0.4, -0.2) is 5.78 Å². The van der Waals surface area contributed by atoms with E-state index in [2.05, 4.69) is 6.07 Å². The quantitative estimate of drug-likeness (QED) is 0.846. The van der Waals surface area contributed by atoms with E-state index in [1.54, 1.807) is 6.07 Å². The highest BCUT2D eigenvalue weighted by Gasteiger charge is 2.43. The molecule has 1 aliphatic carbocycles. The first-order chi connectivity index (χ1) is 10.3. The number of nitrogens with two attached hydrogens (primary N) is 1. The summed E-state index contributed by atoms with van der Waals surface area (Å²) in [5.41, 5.74) is 6.60. The molecule has 0 amide bonds. The molecule has 0 saturated carbocycles. The molecule has 0 saturated heterocycles. The maximum Gasteiger partial charge on any atom is 0.205 e. The number of hydrogen-bond acceptors (Lipinski definition) is 5. The largest absolute Gasteiger partial charge is 0.444 e. The van der Waals surface area contributed by atoms with Crippen molar-refractivity contribution in [3.63, 3.8) is 0 Å². The standard InChI is InChI=1S/C16H15ClN2O2S/c1-16(2)5-9(20)14-10(6-16)21-15(19)8(7-18)13(14)11-3-4-12(17)22-11/h3-4,13H,5-6,19H2,1-2H3/t13-/m1/s1. The lowest BCUT2D eigenvalue weighted by Gasteiger charge is -2.36. The summed E-state index contributed by atoms with van der Waals surface area (Å²) >= 11 is 7.38. The van der Waals surface area contributed by atoms with Gasteiger partial charge >= 0.3 is 0 Å². The zero-order valence-corrected chi connectivity index (χ0v) is 13.8. The average Bonchev–Trinajstić information content (AvgIpc) is 2.82. The van der Waals surface area contributed by atoms with Gasteiger partial charge in [-0.3, -0.25) is 4.79 Å². The Kier molecular flexibility index (Phi) is 3.54. The lowest BCUT2D eigenvalue weighted by atomic mass is 9.71. The first kappa shape index (κ1) is 15.1. The highest BCUT2D eigenvalue weighted by atomic mass is 35.5. The van der Waals surface area contributed by atoms with Crippen LogP contribution in [0.15, 0.2) is 34.9 Å². The van der Waals surface area contributed by atoms with Gasteiger partial charge in [-0.15, -0.1) is 11.3 Å². The van der Waals surface area contributed by atoms with Crippen molar-refractivity contribution in [1.29, 1.82) is 5.26 Å². The lowest BCUT2D eigenvalue weighted by Crippen LogP contribution is -2.33. The molecule has 0 radical (unpaired) electrons. The molecule has 4 nitrogen and oxygen atoms in total. The number of carbonyl (C=O) groups excluding carboxylic acids is 1. The normalized spacial score (nSPS) is 23.9. The molecule has 0 spiro atoms. The van der Waals surface area contributed by atoms with Crippen molar-refractivity contribution in [1.82, 2.24) is 0 Å². The molecule has 0 fully saturated rings. The van der Waals surface area contributed by atoms with Crippen LogP contribution in [0.4, 0.5) is 0 Å². The van der Waals surface area contributed by atoms with E-state index in [9.17, 15) is 10.1 Å². The Hall–Kier alpha value is -1.77. The summed E-state index contributed by atoms with van der Waals surface area (Å²) in [5.74, 6) is 0.226. The first-order valence-electron chi connectivity index (χ1n) is 6.91. The van der Waals surface area contributed by atoms with Crippen LogP contribution in [0.2, 0.25) is 4.34 Å². The van der Waals surface area contributed by atoms with Crippen LogP contribution in [0, 0.1) is 16.7 Å². The molecule has 6 heteroatoms. The highest BCUT2D eigenvalue weighted by molar-refractivity contribution is 7.16. The summed E-state index contributed by atoms with van der Waals surface area (Å²) in [6.45, 7) is 4.05. The Morgan fingerprint density at radius 3 is 2.77 bits per heavy atom. The number of hydrogen-bond donors (Lipinski definition) is 1. The molecule has 2 aliphatic rings. The molecule has 114 valence electrons. The fourth-order valence-corrected chi connectivity index (χ4v) is 4.23. The molecular weight excluding hydrogens is 320 g/mol. The van der Waals surface area contributed by atoms with Crippen molar-refractivity contribution < 1.29 is 9.53 Å². The molecule has 3 rings (SSSR count). The van der Waals surface area contributed by atoms with Gasteiger partial charge < -0.3 is 10.5 Å². The van der Waals surface area contributed by atoms with Gasteiger partial charge in [0.25, 0.3) is 0 Å². The minimum absolute atomic E-state index is 0.0148. The van der Waals surface area contributed by atoms with Crippen LogP contribution in [-0.2, 0) is 9.53 Å². The predicted octanol–water partition coefficient (Wildman–Crippen LogP) is 3.85. The topological polar surface area (TPSA) is 76.1 Å². The van der Waals surface area contributed by atoms with Crippen LogP contribution in [0.25, 0.3) is 0 Å². The minimum Gasteiger partial charge on any atom is -0.444 e. The minimum atomic E-state index is -0.463. The smallest absolute Gasteiger partial charge is 0.205 e. The molecule has 1 aromatic rings. The van der Waals surface area contributed by atoms with Gasteiger partial charge in [0.2, 0.25) is 5.88 Å². The Bertz CT molecular complexity index is 767. The molecule has 1 aliphatic heterocycles. The van der Waals surface area contributed by atoms with Gasteiger partial charge in [0.15, 0.2) is 5.78 Å². The molecule has 0 unspecified atom stereocenters. The maximum atomic E-state index is 12.7. The van der Waals surface area contributed by atoms with Crippen molar-refractivity contribution in [2.75, 3.05) is 0 Å². The van der Waals surface area contributed by atoms with Gasteiger partial charge in [-0.1, -0.05) is 25.4 Å². The molecule has 0 aromatic carbocycles. The Labute approximate surface area is 137 Å². The summed E-state index contributed by atoms with van der Waals surface area (Å²) < 4.78 is 6.24. The summed E-state index contributed by atoms with van der Waals surface area (Å²) in [4.78, 5) is 13.5. The molecule has 0 bridgehead atoms. The lowest BCUT2D eigenvalue weighted by molar-refractivity contribution is -0.119. The van der Waals surface area contributed by atoms with E-state index in [0.29, 0.717) is 28.5 Å². The van der Waals surface area contributed by atoms with E-state index >= 15 is 0 Å². The van der Waals surface area contributed by atoms with Gasteiger partial charge in [0, 0.05) is 23.3 Å². The monoisotopic (exact) mass is 334 g/mol. The van der Waals surface area contributed by atoms with Gasteiger partial charge in [0.05, 0.1) is 10.3 Å². The molecule has 1 atom stereocenters. The molecule has 22 heavy (non-hydrogen) atoms. The van der Waals surface area contributed by atoms with Gasteiger partial charge in [-0.25, -0.2) is 0 Å². The van der Waals surface area contributed by atoms with Crippen molar-refractivity contribution in [2.45, 2.75) is 32.6 Å². The zero-order valence-electron chi connectivity index (χ0n) is 12.3. The maximum absolute atomic E-state index is 12.7. The van der Waals surface area contributed by atoms with Crippen LogP contribution < -0.4 is 5.73 Å². The van der Waals surface area contributed by atoms with E-state index in [-0.39, 0.29) is 22.7 Å². The van der Waals surface area contributed by atoms with E-state index in [4.69, 9.17) is 22.1 Å². The number of halogens is 1. The van der Waals surface area contributed by atoms with Crippen LogP contribution in [0.5, 0.6) is 0 Å². The molecular formula is C16H15ClN2O2S. The first-order valence-corrected chi connectivity index (χ1v) is 8.11. The predicted molar refractivity (Wildman–Crippen MR) is 85.0 cm³/mol. The second-order valence-corrected chi connectivity index (χ2v) is 8.09. The third kappa shape index (κ3) is 2.43. The van der Waals surface area contributed by atoms with Crippen LogP contribution in [0.3, 0.4) is 0 Å². The van der Waals surface area contributed by atoms with Crippen molar-refractivity contribution in [2.24, 2.45) is 11.1 Å². The molecule has 1 aromatic heterocycles. The van der Waals surface area contributed by atoms with E-state index in [0.717, 1.165) is 4.88 Å². The number of rotatable bonds is 1. The van der Waals surface area contributed by atoms with E-state index < -0.39 is 5.92 Å². The number of Topliss-reactive ketones (excluding diaryl/α,β-unsaturated/α-hetero) is 1. The summed E-state index contributed by atoms with van der Waals surface area (Å²) in [6.07, 6.45) is 1.06. The Morgan fingerprint density at radius 2 is 2.18 bits per heavy atom. The Morgan fingerprint density at radius 1 is 1.45 bits per heavy atom. The third-order valence-electron chi connectivity index (χ3n) is 3.95. The number of nitriles is 1. The van der Waals surface area contributed by atoms with Gasteiger partial charge in [-0.2, -0.15) is 5.26 Å². The van der Waals surface area contributed by atoms with Crippen LogP contribution >= 0.6 is 22.9 Å². The van der Waals surface area contributed by atoms with E-state index in [1.165, 1.54) is 11.3 Å². The number of thiophene rings is 1. The summed E-state index contributed by atoms with van der Waals surface area (Å²) in [6, 6.07) is 5.69. The second kappa shape index (κ2) is 5.15. The zero-order chi connectivity index (χ0) is 16.1. The van der Waals surface area contributed by atoms with Crippen molar-refractivity contribution in [3.8, 4) is 6.07 Å². The Balaban J connectivity index is 2.17. The second-order valence-electron chi connectivity index (χ2n) is 6.34. The summed E-state index contributed by atoms with van der Waals surface area (Å²) in [7, 11) is 0. The number of ketones is 1. The van der Waals surface area contributed by atoms with Gasteiger partial charge in [0.1, 0.15) is 17.4 Å². The third-order valence-corrected chi connectivity index (χ3v) is 5.25. The number of allylic oxidation sites excluding steroid dienone is 3. The van der Waals surface area contributed by atoms with E-state index in [1.807, 2.05) is 19.9 Å². The fourth-order valence-electron chi connectivity index (χ4n) is 3.05. The molecule has 2 N–H and O–H groups in total.